The number of carbonyl (C=O) groups is 2. The van der Waals surface area contributed by atoms with E-state index in [9.17, 15) is 18.0 Å². The lowest BCUT2D eigenvalue weighted by molar-refractivity contribution is -0.139. The van der Waals surface area contributed by atoms with Crippen molar-refractivity contribution in [3.8, 4) is 5.75 Å². The Hall–Kier alpha value is -3.56. The zero-order valence-corrected chi connectivity index (χ0v) is 23.4. The fourth-order valence-electron chi connectivity index (χ4n) is 3.86. The van der Waals surface area contributed by atoms with Gasteiger partial charge in [0.2, 0.25) is 11.8 Å². The molecule has 0 fully saturated rings. The molecule has 1 atom stereocenters. The van der Waals surface area contributed by atoms with Gasteiger partial charge in [-0.05, 0) is 56.7 Å². The van der Waals surface area contributed by atoms with E-state index < -0.39 is 28.5 Å². The molecular formula is C28H32ClN3O5S. The minimum absolute atomic E-state index is 0.0224. The van der Waals surface area contributed by atoms with Gasteiger partial charge in [-0.1, -0.05) is 59.6 Å². The van der Waals surface area contributed by atoms with Gasteiger partial charge in [0.05, 0.1) is 22.7 Å². The topological polar surface area (TPSA) is 96.0 Å². The SMILES string of the molecule is CCNC(=O)[C@H](C)N(Cc1ccccc1)C(=O)CN(c1ccc(OC)c(Cl)c1)S(=O)(=O)c1ccc(C)cc1. The summed E-state index contributed by atoms with van der Waals surface area (Å²) >= 11 is 6.33. The van der Waals surface area contributed by atoms with Crippen LogP contribution in [-0.2, 0) is 26.2 Å². The molecule has 202 valence electrons. The van der Waals surface area contributed by atoms with Gasteiger partial charge >= 0.3 is 0 Å². The summed E-state index contributed by atoms with van der Waals surface area (Å²) < 4.78 is 33.9. The molecule has 0 aliphatic rings. The van der Waals surface area contributed by atoms with Crippen LogP contribution in [0, 0.1) is 6.92 Å². The van der Waals surface area contributed by atoms with E-state index in [2.05, 4.69) is 5.32 Å². The summed E-state index contributed by atoms with van der Waals surface area (Å²) in [7, 11) is -2.73. The summed E-state index contributed by atoms with van der Waals surface area (Å²) in [4.78, 5) is 27.9. The highest BCUT2D eigenvalue weighted by atomic mass is 35.5. The van der Waals surface area contributed by atoms with Gasteiger partial charge in [0.1, 0.15) is 18.3 Å². The number of likely N-dealkylation sites (N-methyl/N-ethyl adjacent to an activating group) is 1. The maximum atomic E-state index is 13.8. The Morgan fingerprint density at radius 2 is 1.68 bits per heavy atom. The monoisotopic (exact) mass is 557 g/mol. The second-order valence-corrected chi connectivity index (χ2v) is 11.0. The number of nitrogens with one attached hydrogen (secondary N) is 1. The van der Waals surface area contributed by atoms with E-state index in [4.69, 9.17) is 16.3 Å². The number of halogens is 1. The number of aryl methyl sites for hydroxylation is 1. The van der Waals surface area contributed by atoms with E-state index in [1.54, 1.807) is 32.0 Å². The van der Waals surface area contributed by atoms with Crippen molar-refractivity contribution < 1.29 is 22.7 Å². The molecule has 0 unspecified atom stereocenters. The van der Waals surface area contributed by atoms with Gasteiger partial charge in [-0.25, -0.2) is 8.42 Å². The number of amides is 2. The fraction of sp³-hybridized carbons (Fsp3) is 0.286. The quantitative estimate of drug-likeness (QED) is 0.377. The van der Waals surface area contributed by atoms with Gasteiger partial charge in [-0.2, -0.15) is 0 Å². The first-order chi connectivity index (χ1) is 18.1. The maximum Gasteiger partial charge on any atom is 0.264 e. The van der Waals surface area contributed by atoms with Gasteiger partial charge in [0.15, 0.2) is 0 Å². The number of hydrogen-bond donors (Lipinski definition) is 1. The first-order valence-corrected chi connectivity index (χ1v) is 13.9. The summed E-state index contributed by atoms with van der Waals surface area (Å²) in [5.74, 6) is -0.516. The highest BCUT2D eigenvalue weighted by Crippen LogP contribution is 2.32. The molecule has 1 N–H and O–H groups in total. The molecule has 0 saturated carbocycles. The highest BCUT2D eigenvalue weighted by Gasteiger charge is 2.32. The molecule has 0 aromatic heterocycles. The molecule has 0 saturated heterocycles. The Bertz CT molecular complexity index is 1360. The predicted molar refractivity (Wildman–Crippen MR) is 149 cm³/mol. The first-order valence-electron chi connectivity index (χ1n) is 12.1. The largest absolute Gasteiger partial charge is 0.495 e. The second kappa shape index (κ2) is 12.8. The lowest BCUT2D eigenvalue weighted by atomic mass is 10.1. The number of carbonyl (C=O) groups excluding carboxylic acids is 2. The van der Waals surface area contributed by atoms with Gasteiger partial charge in [0, 0.05) is 13.1 Å². The third-order valence-corrected chi connectivity index (χ3v) is 8.11. The van der Waals surface area contributed by atoms with E-state index >= 15 is 0 Å². The molecule has 3 rings (SSSR count). The van der Waals surface area contributed by atoms with Crippen LogP contribution >= 0.6 is 11.6 Å². The first kappa shape index (κ1) is 29.0. The van der Waals surface area contributed by atoms with Crippen molar-refractivity contribution in [2.45, 2.75) is 38.3 Å². The third kappa shape index (κ3) is 6.85. The molecule has 3 aromatic rings. The van der Waals surface area contributed by atoms with Crippen LogP contribution in [-0.4, -0.2) is 51.4 Å². The van der Waals surface area contributed by atoms with Crippen molar-refractivity contribution in [1.82, 2.24) is 10.2 Å². The lowest BCUT2D eigenvalue weighted by Crippen LogP contribution is -2.51. The number of benzene rings is 3. The zero-order valence-electron chi connectivity index (χ0n) is 21.8. The predicted octanol–water partition coefficient (Wildman–Crippen LogP) is 4.41. The van der Waals surface area contributed by atoms with Crippen LogP contribution in [0.1, 0.15) is 25.0 Å². The number of ether oxygens (including phenoxy) is 1. The summed E-state index contributed by atoms with van der Waals surface area (Å²) in [5.41, 5.74) is 1.89. The number of anilines is 1. The van der Waals surface area contributed by atoms with Crippen LogP contribution in [0.5, 0.6) is 5.75 Å². The average molecular weight is 558 g/mol. The molecule has 0 spiro atoms. The van der Waals surface area contributed by atoms with Crippen molar-refractivity contribution in [2.24, 2.45) is 0 Å². The Balaban J connectivity index is 2.06. The molecule has 0 heterocycles. The number of rotatable bonds is 11. The minimum Gasteiger partial charge on any atom is -0.495 e. The Morgan fingerprint density at radius 1 is 1.03 bits per heavy atom. The van der Waals surface area contributed by atoms with E-state index in [-0.39, 0.29) is 28.1 Å². The van der Waals surface area contributed by atoms with E-state index in [1.165, 1.54) is 36.3 Å². The summed E-state index contributed by atoms with van der Waals surface area (Å²) in [6.45, 7) is 5.24. The fourth-order valence-corrected chi connectivity index (χ4v) is 5.52. The van der Waals surface area contributed by atoms with Crippen molar-refractivity contribution in [3.05, 3.63) is 88.9 Å². The summed E-state index contributed by atoms with van der Waals surface area (Å²) in [6, 6.07) is 19.2. The smallest absolute Gasteiger partial charge is 0.264 e. The molecule has 8 nitrogen and oxygen atoms in total. The molecule has 2 amide bonds. The van der Waals surface area contributed by atoms with Gasteiger partial charge in [-0.3, -0.25) is 13.9 Å². The van der Waals surface area contributed by atoms with Crippen LogP contribution in [0.15, 0.2) is 77.7 Å². The van der Waals surface area contributed by atoms with Crippen molar-refractivity contribution >= 4 is 39.1 Å². The van der Waals surface area contributed by atoms with E-state index in [0.29, 0.717) is 12.3 Å². The number of methoxy groups -OCH3 is 1. The Labute approximate surface area is 229 Å². The molecule has 3 aromatic carbocycles. The van der Waals surface area contributed by atoms with Crippen LogP contribution in [0.2, 0.25) is 5.02 Å². The Morgan fingerprint density at radius 3 is 2.26 bits per heavy atom. The summed E-state index contributed by atoms with van der Waals surface area (Å²) in [6.07, 6.45) is 0. The number of hydrogen-bond acceptors (Lipinski definition) is 5. The van der Waals surface area contributed by atoms with Gasteiger partial charge in [0.25, 0.3) is 10.0 Å². The standard InChI is InChI=1S/C28H32ClN3O5S/c1-5-30-28(34)21(3)31(18-22-9-7-6-8-10-22)27(33)19-32(23-13-16-26(37-4)25(29)17-23)38(35,36)24-14-11-20(2)12-15-24/h6-17,21H,5,18-19H2,1-4H3,(H,30,34)/t21-/m0/s1. The average Bonchev–Trinajstić information content (AvgIpc) is 2.90. The molecule has 0 bridgehead atoms. The van der Waals surface area contributed by atoms with Crippen molar-refractivity contribution in [3.63, 3.8) is 0 Å². The van der Waals surface area contributed by atoms with Crippen LogP contribution in [0.3, 0.4) is 0 Å². The van der Waals surface area contributed by atoms with E-state index in [0.717, 1.165) is 15.4 Å². The van der Waals surface area contributed by atoms with Crippen LogP contribution < -0.4 is 14.4 Å². The second-order valence-electron chi connectivity index (χ2n) is 8.72. The van der Waals surface area contributed by atoms with E-state index in [1.807, 2.05) is 37.3 Å². The zero-order chi connectivity index (χ0) is 27.9. The minimum atomic E-state index is -4.18. The summed E-state index contributed by atoms with van der Waals surface area (Å²) in [5, 5.41) is 2.93. The van der Waals surface area contributed by atoms with Gasteiger partial charge in [-0.15, -0.1) is 0 Å². The third-order valence-electron chi connectivity index (χ3n) is 6.03. The molecule has 38 heavy (non-hydrogen) atoms. The molecule has 0 aliphatic carbocycles. The normalized spacial score (nSPS) is 11.9. The Kier molecular flexibility index (Phi) is 9.77. The van der Waals surface area contributed by atoms with Gasteiger partial charge < -0.3 is 15.0 Å². The molecule has 10 heteroatoms. The maximum absolute atomic E-state index is 13.8. The lowest BCUT2D eigenvalue weighted by Gasteiger charge is -2.32. The molecule has 0 radical (unpaired) electrons. The molecular weight excluding hydrogens is 526 g/mol. The van der Waals surface area contributed by atoms with Crippen molar-refractivity contribution in [1.29, 1.82) is 0 Å². The van der Waals surface area contributed by atoms with Crippen LogP contribution in [0.25, 0.3) is 0 Å². The number of nitrogens with zero attached hydrogens (tertiary/aromatic N) is 2. The van der Waals surface area contributed by atoms with Crippen LogP contribution in [0.4, 0.5) is 5.69 Å². The van der Waals surface area contributed by atoms with Crippen molar-refractivity contribution in [2.75, 3.05) is 24.5 Å². The highest BCUT2D eigenvalue weighted by molar-refractivity contribution is 7.92. The number of sulfonamides is 1. The molecule has 0 aliphatic heterocycles.